The lowest BCUT2D eigenvalue weighted by Gasteiger charge is -2.24. The SMILES string of the molecule is CN1C(=O)C(C)(C)COc2ccc(NC(=O)c3ccccc3Cl)cc21. The molecule has 2 aromatic carbocycles. The molecule has 1 N–H and O–H groups in total. The molecule has 2 aromatic rings. The monoisotopic (exact) mass is 358 g/mol. The van der Waals surface area contributed by atoms with Crippen LogP contribution in [0.25, 0.3) is 0 Å². The van der Waals surface area contributed by atoms with Crippen molar-refractivity contribution in [3.05, 3.63) is 53.1 Å². The van der Waals surface area contributed by atoms with Crippen LogP contribution in [0, 0.1) is 5.41 Å². The van der Waals surface area contributed by atoms with Crippen LogP contribution in [-0.2, 0) is 4.79 Å². The first-order valence-corrected chi connectivity index (χ1v) is 8.28. The number of ether oxygens (including phenoxy) is 1. The van der Waals surface area contributed by atoms with Gasteiger partial charge in [-0.05, 0) is 44.2 Å². The quantitative estimate of drug-likeness (QED) is 0.883. The number of nitrogens with one attached hydrogen (secondary N) is 1. The summed E-state index contributed by atoms with van der Waals surface area (Å²) in [5.41, 5.74) is 0.953. The maximum atomic E-state index is 12.6. The van der Waals surface area contributed by atoms with Gasteiger partial charge in [0.2, 0.25) is 5.91 Å². The van der Waals surface area contributed by atoms with Crippen molar-refractivity contribution in [3.8, 4) is 5.75 Å². The van der Waals surface area contributed by atoms with Crippen molar-refractivity contribution in [2.45, 2.75) is 13.8 Å². The molecule has 0 atom stereocenters. The van der Waals surface area contributed by atoms with Gasteiger partial charge in [0.25, 0.3) is 5.91 Å². The van der Waals surface area contributed by atoms with Gasteiger partial charge in [-0.15, -0.1) is 0 Å². The molecular weight excluding hydrogens is 340 g/mol. The minimum atomic E-state index is -0.616. The third-order valence-corrected chi connectivity index (χ3v) is 4.50. The summed E-state index contributed by atoms with van der Waals surface area (Å²) in [5.74, 6) is 0.257. The molecule has 0 radical (unpaired) electrons. The Morgan fingerprint density at radius 1 is 1.24 bits per heavy atom. The van der Waals surface area contributed by atoms with E-state index in [2.05, 4.69) is 5.32 Å². The molecule has 0 aromatic heterocycles. The molecule has 1 heterocycles. The molecule has 0 unspecified atom stereocenters. The number of benzene rings is 2. The molecule has 0 saturated heterocycles. The summed E-state index contributed by atoms with van der Waals surface area (Å²) in [4.78, 5) is 26.5. The molecule has 5 nitrogen and oxygen atoms in total. The van der Waals surface area contributed by atoms with E-state index in [4.69, 9.17) is 16.3 Å². The Labute approximate surface area is 151 Å². The third-order valence-electron chi connectivity index (χ3n) is 4.17. The second-order valence-electron chi connectivity index (χ2n) is 6.65. The fraction of sp³-hybridized carbons (Fsp3) is 0.263. The van der Waals surface area contributed by atoms with Gasteiger partial charge in [0.15, 0.2) is 0 Å². The summed E-state index contributed by atoms with van der Waals surface area (Å²) >= 11 is 6.06. The normalized spacial score (nSPS) is 15.8. The molecule has 6 heteroatoms. The summed E-state index contributed by atoms with van der Waals surface area (Å²) < 4.78 is 5.77. The van der Waals surface area contributed by atoms with E-state index in [0.717, 1.165) is 0 Å². The van der Waals surface area contributed by atoms with Crippen LogP contribution in [-0.4, -0.2) is 25.5 Å². The van der Waals surface area contributed by atoms with E-state index in [1.807, 2.05) is 13.8 Å². The lowest BCUT2D eigenvalue weighted by molar-refractivity contribution is -0.127. The first kappa shape index (κ1) is 17.3. The number of carbonyl (C=O) groups excluding carboxylic acids is 2. The Morgan fingerprint density at radius 2 is 1.96 bits per heavy atom. The Morgan fingerprint density at radius 3 is 2.68 bits per heavy atom. The van der Waals surface area contributed by atoms with Gasteiger partial charge in [0, 0.05) is 12.7 Å². The van der Waals surface area contributed by atoms with Gasteiger partial charge in [-0.1, -0.05) is 23.7 Å². The molecule has 0 aliphatic carbocycles. The van der Waals surface area contributed by atoms with Crippen LogP contribution in [0.3, 0.4) is 0 Å². The van der Waals surface area contributed by atoms with E-state index in [9.17, 15) is 9.59 Å². The van der Waals surface area contributed by atoms with Crippen molar-refractivity contribution in [1.29, 1.82) is 0 Å². The standard InChI is InChI=1S/C19H19ClN2O3/c1-19(2)11-25-16-9-8-12(10-15(16)22(3)18(19)24)21-17(23)13-6-4-5-7-14(13)20/h4-10H,11H2,1-3H3,(H,21,23). The van der Waals surface area contributed by atoms with E-state index < -0.39 is 5.41 Å². The zero-order chi connectivity index (χ0) is 18.2. The fourth-order valence-electron chi connectivity index (χ4n) is 2.71. The first-order chi connectivity index (χ1) is 11.8. The van der Waals surface area contributed by atoms with Gasteiger partial charge in [-0.25, -0.2) is 0 Å². The first-order valence-electron chi connectivity index (χ1n) is 7.90. The highest BCUT2D eigenvalue weighted by molar-refractivity contribution is 6.34. The summed E-state index contributed by atoms with van der Waals surface area (Å²) in [7, 11) is 1.71. The topological polar surface area (TPSA) is 58.6 Å². The Kier molecular flexibility index (Phi) is 4.43. The molecule has 3 rings (SSSR count). The van der Waals surface area contributed by atoms with E-state index >= 15 is 0 Å². The molecule has 0 fully saturated rings. The molecule has 130 valence electrons. The van der Waals surface area contributed by atoms with Crippen molar-refractivity contribution >= 4 is 34.8 Å². The number of fused-ring (bicyclic) bond motifs is 1. The van der Waals surface area contributed by atoms with Crippen molar-refractivity contribution in [1.82, 2.24) is 0 Å². The molecule has 1 aliphatic rings. The van der Waals surface area contributed by atoms with Gasteiger partial charge in [0.05, 0.1) is 21.7 Å². The number of carbonyl (C=O) groups is 2. The summed E-state index contributed by atoms with van der Waals surface area (Å²) in [5, 5.41) is 3.19. The number of nitrogens with zero attached hydrogens (tertiary/aromatic N) is 1. The van der Waals surface area contributed by atoms with E-state index in [1.54, 1.807) is 54.4 Å². The zero-order valence-corrected chi connectivity index (χ0v) is 15.1. The second-order valence-corrected chi connectivity index (χ2v) is 7.06. The lowest BCUT2D eigenvalue weighted by atomic mass is 9.93. The minimum absolute atomic E-state index is 0.0409. The summed E-state index contributed by atoms with van der Waals surface area (Å²) in [6.45, 7) is 3.99. The van der Waals surface area contributed by atoms with Gasteiger partial charge in [-0.2, -0.15) is 0 Å². The summed E-state index contributed by atoms with van der Waals surface area (Å²) in [6, 6.07) is 12.1. The zero-order valence-electron chi connectivity index (χ0n) is 14.3. The van der Waals surface area contributed by atoms with Crippen LogP contribution < -0.4 is 15.0 Å². The molecule has 0 saturated carbocycles. The van der Waals surface area contributed by atoms with Gasteiger partial charge >= 0.3 is 0 Å². The number of amides is 2. The Hall–Kier alpha value is -2.53. The average Bonchev–Trinajstić information content (AvgIpc) is 2.66. The molecule has 0 spiro atoms. The maximum absolute atomic E-state index is 12.6. The highest BCUT2D eigenvalue weighted by Crippen LogP contribution is 2.37. The lowest BCUT2D eigenvalue weighted by Crippen LogP contribution is -2.39. The fourth-order valence-corrected chi connectivity index (χ4v) is 2.93. The van der Waals surface area contributed by atoms with Crippen molar-refractivity contribution in [3.63, 3.8) is 0 Å². The number of rotatable bonds is 2. The van der Waals surface area contributed by atoms with Crippen molar-refractivity contribution < 1.29 is 14.3 Å². The van der Waals surface area contributed by atoms with E-state index in [-0.39, 0.29) is 11.8 Å². The highest BCUT2D eigenvalue weighted by atomic mass is 35.5. The van der Waals surface area contributed by atoms with Crippen LogP contribution in [0.2, 0.25) is 5.02 Å². The molecular formula is C19H19ClN2O3. The van der Waals surface area contributed by atoms with Crippen molar-refractivity contribution in [2.24, 2.45) is 5.41 Å². The average molecular weight is 359 g/mol. The third kappa shape index (κ3) is 3.33. The van der Waals surface area contributed by atoms with Crippen molar-refractivity contribution in [2.75, 3.05) is 23.9 Å². The van der Waals surface area contributed by atoms with Crippen LogP contribution in [0.15, 0.2) is 42.5 Å². The van der Waals surface area contributed by atoms with Crippen LogP contribution in [0.4, 0.5) is 11.4 Å². The van der Waals surface area contributed by atoms with Crippen LogP contribution in [0.1, 0.15) is 24.2 Å². The predicted octanol–water partition coefficient (Wildman–Crippen LogP) is 3.97. The largest absolute Gasteiger partial charge is 0.490 e. The van der Waals surface area contributed by atoms with Crippen LogP contribution in [0.5, 0.6) is 5.75 Å². The van der Waals surface area contributed by atoms with Crippen LogP contribution >= 0.6 is 11.6 Å². The Bertz CT molecular complexity index is 848. The highest BCUT2D eigenvalue weighted by Gasteiger charge is 2.36. The number of halogens is 1. The van der Waals surface area contributed by atoms with Gasteiger partial charge < -0.3 is 15.0 Å². The molecule has 1 aliphatic heterocycles. The Balaban J connectivity index is 1.89. The van der Waals surface area contributed by atoms with Gasteiger partial charge in [-0.3, -0.25) is 9.59 Å². The van der Waals surface area contributed by atoms with E-state index in [1.165, 1.54) is 0 Å². The summed E-state index contributed by atoms with van der Waals surface area (Å²) in [6.07, 6.45) is 0. The number of hydrogen-bond acceptors (Lipinski definition) is 3. The van der Waals surface area contributed by atoms with E-state index in [0.29, 0.717) is 34.3 Å². The minimum Gasteiger partial charge on any atom is -0.490 e. The number of anilines is 2. The second kappa shape index (κ2) is 6.41. The van der Waals surface area contributed by atoms with Gasteiger partial charge in [0.1, 0.15) is 12.4 Å². The molecule has 25 heavy (non-hydrogen) atoms. The molecule has 0 bridgehead atoms. The predicted molar refractivity (Wildman–Crippen MR) is 98.5 cm³/mol. The maximum Gasteiger partial charge on any atom is 0.257 e. The number of hydrogen-bond donors (Lipinski definition) is 1. The molecule has 2 amide bonds. The smallest absolute Gasteiger partial charge is 0.257 e.